The van der Waals surface area contributed by atoms with E-state index >= 15 is 0 Å². The van der Waals surface area contributed by atoms with E-state index in [0.717, 1.165) is 0 Å². The molecule has 0 aliphatic heterocycles. The summed E-state index contributed by atoms with van der Waals surface area (Å²) in [5.41, 5.74) is 1.18. The molecule has 0 aliphatic carbocycles. The Hall–Kier alpha value is -2.68. The van der Waals surface area contributed by atoms with Gasteiger partial charge in [0.15, 0.2) is 0 Å². The van der Waals surface area contributed by atoms with Crippen molar-refractivity contribution in [3.05, 3.63) is 52.6 Å². The van der Waals surface area contributed by atoms with E-state index in [1.165, 1.54) is 29.1 Å². The van der Waals surface area contributed by atoms with E-state index in [-0.39, 0.29) is 17.7 Å². The fourth-order valence-corrected chi connectivity index (χ4v) is 1.75. The van der Waals surface area contributed by atoms with Gasteiger partial charge in [0.25, 0.3) is 0 Å². The standard InChI is InChI=1S/C13H10FN3O2/c1-8-11(13(18)19)7-17(16-8)6-9-2-3-12(14)10(4-9)5-15/h2-4,7H,6H2,1H3,(H,18,19). The van der Waals surface area contributed by atoms with Gasteiger partial charge in [-0.25, -0.2) is 9.18 Å². The van der Waals surface area contributed by atoms with Crippen LogP contribution < -0.4 is 0 Å². The maximum absolute atomic E-state index is 13.2. The highest BCUT2D eigenvalue weighted by atomic mass is 19.1. The number of aromatic carboxylic acids is 1. The van der Waals surface area contributed by atoms with Crippen molar-refractivity contribution < 1.29 is 14.3 Å². The monoisotopic (exact) mass is 259 g/mol. The number of halogens is 1. The highest BCUT2D eigenvalue weighted by Gasteiger charge is 2.12. The van der Waals surface area contributed by atoms with Crippen LogP contribution in [0.2, 0.25) is 0 Å². The van der Waals surface area contributed by atoms with Crippen molar-refractivity contribution in [1.29, 1.82) is 5.26 Å². The van der Waals surface area contributed by atoms with Crippen molar-refractivity contribution >= 4 is 5.97 Å². The normalized spacial score (nSPS) is 10.2. The molecular weight excluding hydrogens is 249 g/mol. The van der Waals surface area contributed by atoms with E-state index in [0.29, 0.717) is 11.3 Å². The van der Waals surface area contributed by atoms with Gasteiger partial charge in [-0.2, -0.15) is 10.4 Å². The average Bonchev–Trinajstić information content (AvgIpc) is 2.73. The molecule has 96 valence electrons. The molecule has 0 fully saturated rings. The Morgan fingerprint density at radius 3 is 2.89 bits per heavy atom. The molecule has 1 aromatic heterocycles. The molecule has 5 nitrogen and oxygen atoms in total. The molecule has 0 spiro atoms. The molecule has 19 heavy (non-hydrogen) atoms. The summed E-state index contributed by atoms with van der Waals surface area (Å²) >= 11 is 0. The fourth-order valence-electron chi connectivity index (χ4n) is 1.75. The molecule has 2 rings (SSSR count). The lowest BCUT2D eigenvalue weighted by atomic mass is 10.1. The lowest BCUT2D eigenvalue weighted by molar-refractivity contribution is 0.0696. The van der Waals surface area contributed by atoms with Crippen LogP contribution in [0.15, 0.2) is 24.4 Å². The molecule has 6 heteroatoms. The molecular formula is C13H10FN3O2. The van der Waals surface area contributed by atoms with Gasteiger partial charge in [0.1, 0.15) is 17.4 Å². The first-order valence-corrected chi connectivity index (χ1v) is 5.47. The molecule has 0 bridgehead atoms. The summed E-state index contributed by atoms with van der Waals surface area (Å²) in [7, 11) is 0. The van der Waals surface area contributed by atoms with E-state index in [4.69, 9.17) is 10.4 Å². The summed E-state index contributed by atoms with van der Waals surface area (Å²) in [5, 5.41) is 21.7. The number of carbonyl (C=O) groups is 1. The van der Waals surface area contributed by atoms with Crippen LogP contribution in [-0.4, -0.2) is 20.9 Å². The summed E-state index contributed by atoms with van der Waals surface area (Å²) < 4.78 is 14.6. The van der Waals surface area contributed by atoms with Gasteiger partial charge in [0, 0.05) is 6.20 Å². The Morgan fingerprint density at radius 1 is 1.58 bits per heavy atom. The summed E-state index contributed by atoms with van der Waals surface area (Å²) in [6, 6.07) is 5.93. The van der Waals surface area contributed by atoms with Crippen LogP contribution in [0.1, 0.15) is 27.2 Å². The SMILES string of the molecule is Cc1nn(Cc2ccc(F)c(C#N)c2)cc1C(=O)O. The van der Waals surface area contributed by atoms with Crippen molar-refractivity contribution in [2.45, 2.75) is 13.5 Å². The molecule has 0 amide bonds. The number of nitrogens with zero attached hydrogens (tertiary/aromatic N) is 3. The van der Waals surface area contributed by atoms with Crippen LogP contribution in [0.5, 0.6) is 0 Å². The number of hydrogen-bond donors (Lipinski definition) is 1. The predicted octanol–water partition coefficient (Wildman–Crippen LogP) is 1.95. The Kier molecular flexibility index (Phi) is 3.29. The minimum Gasteiger partial charge on any atom is -0.478 e. The largest absolute Gasteiger partial charge is 0.478 e. The van der Waals surface area contributed by atoms with E-state index < -0.39 is 11.8 Å². The summed E-state index contributed by atoms with van der Waals surface area (Å²) in [6.07, 6.45) is 1.41. The van der Waals surface area contributed by atoms with Gasteiger partial charge in [-0.05, 0) is 24.6 Å². The first-order chi connectivity index (χ1) is 9.01. The molecule has 0 atom stereocenters. The van der Waals surface area contributed by atoms with Crippen molar-refractivity contribution in [3.8, 4) is 6.07 Å². The van der Waals surface area contributed by atoms with Crippen LogP contribution in [0.25, 0.3) is 0 Å². The van der Waals surface area contributed by atoms with Crippen molar-refractivity contribution in [2.24, 2.45) is 0 Å². The quantitative estimate of drug-likeness (QED) is 0.913. The van der Waals surface area contributed by atoms with E-state index in [9.17, 15) is 9.18 Å². The van der Waals surface area contributed by atoms with Gasteiger partial charge in [0.2, 0.25) is 0 Å². The number of carboxylic acid groups (broad SMARTS) is 1. The third-order valence-corrected chi connectivity index (χ3v) is 2.67. The lowest BCUT2D eigenvalue weighted by Crippen LogP contribution is -2.01. The number of nitriles is 1. The molecule has 1 heterocycles. The zero-order valence-corrected chi connectivity index (χ0v) is 10.1. The van der Waals surface area contributed by atoms with Crippen molar-refractivity contribution in [3.63, 3.8) is 0 Å². The van der Waals surface area contributed by atoms with Crippen LogP contribution in [0.4, 0.5) is 4.39 Å². The molecule has 2 aromatic rings. The molecule has 0 radical (unpaired) electrons. The molecule has 1 aromatic carbocycles. The van der Waals surface area contributed by atoms with Crippen molar-refractivity contribution in [1.82, 2.24) is 9.78 Å². The topological polar surface area (TPSA) is 78.9 Å². The number of aromatic nitrogens is 2. The first-order valence-electron chi connectivity index (χ1n) is 5.47. The number of carboxylic acids is 1. The summed E-state index contributed by atoms with van der Waals surface area (Å²) in [5.74, 6) is -1.62. The molecule has 1 N–H and O–H groups in total. The molecule has 0 aliphatic rings. The molecule has 0 unspecified atom stereocenters. The highest BCUT2D eigenvalue weighted by molar-refractivity contribution is 5.88. The van der Waals surface area contributed by atoms with Gasteiger partial charge >= 0.3 is 5.97 Å². The average molecular weight is 259 g/mol. The third-order valence-electron chi connectivity index (χ3n) is 2.67. The van der Waals surface area contributed by atoms with Crippen LogP contribution >= 0.6 is 0 Å². The van der Waals surface area contributed by atoms with Crippen molar-refractivity contribution in [2.75, 3.05) is 0 Å². The van der Waals surface area contributed by atoms with E-state index in [1.54, 1.807) is 13.0 Å². The number of aryl methyl sites for hydroxylation is 1. The minimum absolute atomic E-state index is 0.0418. The highest BCUT2D eigenvalue weighted by Crippen LogP contribution is 2.12. The summed E-state index contributed by atoms with van der Waals surface area (Å²) in [6.45, 7) is 1.88. The first kappa shape index (κ1) is 12.8. The van der Waals surface area contributed by atoms with Gasteiger partial charge in [-0.1, -0.05) is 6.07 Å². The van der Waals surface area contributed by atoms with Gasteiger partial charge in [-0.15, -0.1) is 0 Å². The zero-order valence-electron chi connectivity index (χ0n) is 10.1. The Morgan fingerprint density at radius 2 is 2.32 bits per heavy atom. The lowest BCUT2D eigenvalue weighted by Gasteiger charge is -2.02. The zero-order chi connectivity index (χ0) is 14.0. The second-order valence-electron chi connectivity index (χ2n) is 4.06. The minimum atomic E-state index is -1.04. The Balaban J connectivity index is 2.29. The van der Waals surface area contributed by atoms with E-state index in [2.05, 4.69) is 5.10 Å². The molecule has 0 saturated carbocycles. The number of rotatable bonds is 3. The number of hydrogen-bond acceptors (Lipinski definition) is 3. The second kappa shape index (κ2) is 4.90. The Labute approximate surface area is 108 Å². The fraction of sp³-hybridized carbons (Fsp3) is 0.154. The van der Waals surface area contributed by atoms with Gasteiger partial charge < -0.3 is 5.11 Å². The maximum atomic E-state index is 13.2. The maximum Gasteiger partial charge on any atom is 0.339 e. The van der Waals surface area contributed by atoms with Gasteiger partial charge in [-0.3, -0.25) is 4.68 Å². The number of benzene rings is 1. The smallest absolute Gasteiger partial charge is 0.339 e. The molecule has 0 saturated heterocycles. The van der Waals surface area contributed by atoms with Crippen LogP contribution in [0, 0.1) is 24.1 Å². The van der Waals surface area contributed by atoms with E-state index in [1.807, 2.05) is 0 Å². The third kappa shape index (κ3) is 2.60. The predicted molar refractivity (Wildman–Crippen MR) is 64.1 cm³/mol. The van der Waals surface area contributed by atoms with Crippen LogP contribution in [0.3, 0.4) is 0 Å². The van der Waals surface area contributed by atoms with Crippen LogP contribution in [-0.2, 0) is 6.54 Å². The van der Waals surface area contributed by atoms with Gasteiger partial charge in [0.05, 0.1) is 17.8 Å². The Bertz CT molecular complexity index is 686. The summed E-state index contributed by atoms with van der Waals surface area (Å²) in [4.78, 5) is 10.9. The second-order valence-corrected chi connectivity index (χ2v) is 4.06.